The van der Waals surface area contributed by atoms with E-state index in [9.17, 15) is 4.39 Å². The standard InChI is InChI=1S/C15H24BFO2Si/c1-14(2)15(3,4)19-16(18-14)12-9-8-11(10-13(12)17)20(5,6)7/h8-10H,1-7H3. The molecule has 0 atom stereocenters. The molecule has 0 bridgehead atoms. The molecular formula is C15H24BFO2Si. The summed E-state index contributed by atoms with van der Waals surface area (Å²) >= 11 is 0. The monoisotopic (exact) mass is 294 g/mol. The fourth-order valence-corrected chi connectivity index (χ4v) is 3.30. The van der Waals surface area contributed by atoms with Crippen molar-refractivity contribution in [3.63, 3.8) is 0 Å². The van der Waals surface area contributed by atoms with Crippen LogP contribution in [0.15, 0.2) is 18.2 Å². The lowest BCUT2D eigenvalue weighted by Gasteiger charge is -2.32. The predicted octanol–water partition coefficient (Wildman–Crippen LogP) is 2.67. The minimum atomic E-state index is -1.51. The summed E-state index contributed by atoms with van der Waals surface area (Å²) in [6.45, 7) is 14.5. The van der Waals surface area contributed by atoms with Crippen molar-refractivity contribution in [2.75, 3.05) is 0 Å². The van der Waals surface area contributed by atoms with Gasteiger partial charge in [-0.2, -0.15) is 0 Å². The number of rotatable bonds is 2. The second kappa shape index (κ2) is 4.68. The van der Waals surface area contributed by atoms with Gasteiger partial charge in [-0.25, -0.2) is 4.39 Å². The molecule has 1 heterocycles. The SMILES string of the molecule is CC1(C)OB(c2ccc([Si](C)(C)C)cc2F)OC1(C)C. The summed E-state index contributed by atoms with van der Waals surface area (Å²) in [4.78, 5) is 0. The fraction of sp³-hybridized carbons (Fsp3) is 0.600. The van der Waals surface area contributed by atoms with Crippen molar-refractivity contribution >= 4 is 25.8 Å². The van der Waals surface area contributed by atoms with Crippen LogP contribution in [-0.2, 0) is 9.31 Å². The highest BCUT2D eigenvalue weighted by Crippen LogP contribution is 2.36. The van der Waals surface area contributed by atoms with Crippen molar-refractivity contribution in [1.29, 1.82) is 0 Å². The maximum atomic E-state index is 14.4. The highest BCUT2D eigenvalue weighted by molar-refractivity contribution is 6.88. The Morgan fingerprint density at radius 2 is 1.50 bits per heavy atom. The van der Waals surface area contributed by atoms with Crippen molar-refractivity contribution in [3.8, 4) is 0 Å². The molecule has 1 aromatic rings. The summed E-state index contributed by atoms with van der Waals surface area (Å²) in [6, 6.07) is 5.47. The molecule has 1 aromatic carbocycles. The van der Waals surface area contributed by atoms with E-state index in [-0.39, 0.29) is 5.82 Å². The summed E-state index contributed by atoms with van der Waals surface area (Å²) < 4.78 is 26.2. The molecule has 0 saturated carbocycles. The van der Waals surface area contributed by atoms with E-state index in [1.54, 1.807) is 6.07 Å². The quantitative estimate of drug-likeness (QED) is 0.781. The summed E-state index contributed by atoms with van der Waals surface area (Å²) in [5, 5.41) is 1.11. The average molecular weight is 294 g/mol. The average Bonchev–Trinajstić information content (AvgIpc) is 2.46. The zero-order valence-electron chi connectivity index (χ0n) is 13.5. The molecule has 1 aliphatic rings. The summed E-state index contributed by atoms with van der Waals surface area (Å²) in [5.74, 6) is -0.233. The Balaban J connectivity index is 2.33. The van der Waals surface area contributed by atoms with Gasteiger partial charge in [0, 0.05) is 5.46 Å². The molecular weight excluding hydrogens is 270 g/mol. The molecule has 0 aromatic heterocycles. The molecule has 5 heteroatoms. The van der Waals surface area contributed by atoms with E-state index in [1.807, 2.05) is 39.8 Å². The van der Waals surface area contributed by atoms with Crippen LogP contribution in [0.2, 0.25) is 19.6 Å². The van der Waals surface area contributed by atoms with Crippen molar-refractivity contribution in [2.24, 2.45) is 0 Å². The van der Waals surface area contributed by atoms with Crippen molar-refractivity contribution < 1.29 is 13.7 Å². The zero-order chi connectivity index (χ0) is 15.3. The number of hydrogen-bond donors (Lipinski definition) is 0. The maximum Gasteiger partial charge on any atom is 0.497 e. The van der Waals surface area contributed by atoms with Gasteiger partial charge >= 0.3 is 7.12 Å². The Bertz CT molecular complexity index is 507. The second-order valence-corrected chi connectivity index (χ2v) is 12.7. The third-order valence-corrected chi connectivity index (χ3v) is 6.42. The summed E-state index contributed by atoms with van der Waals surface area (Å²) in [5.41, 5.74) is -0.394. The minimum absolute atomic E-state index is 0.233. The zero-order valence-corrected chi connectivity index (χ0v) is 14.5. The smallest absolute Gasteiger partial charge is 0.399 e. The van der Waals surface area contributed by atoms with Gasteiger partial charge in [-0.05, 0) is 33.8 Å². The number of hydrogen-bond acceptors (Lipinski definition) is 2. The van der Waals surface area contributed by atoms with E-state index in [0.29, 0.717) is 5.46 Å². The highest BCUT2D eigenvalue weighted by atomic mass is 28.3. The van der Waals surface area contributed by atoms with Crippen molar-refractivity contribution in [1.82, 2.24) is 0 Å². The highest BCUT2D eigenvalue weighted by Gasteiger charge is 2.52. The van der Waals surface area contributed by atoms with Crippen LogP contribution in [0.25, 0.3) is 0 Å². The van der Waals surface area contributed by atoms with Crippen molar-refractivity contribution in [3.05, 3.63) is 24.0 Å². The molecule has 0 N–H and O–H groups in total. The van der Waals surface area contributed by atoms with Gasteiger partial charge in [0.1, 0.15) is 5.82 Å². The first-order chi connectivity index (χ1) is 8.94. The molecule has 1 saturated heterocycles. The van der Waals surface area contributed by atoms with Crippen molar-refractivity contribution in [2.45, 2.75) is 58.5 Å². The van der Waals surface area contributed by atoms with Gasteiger partial charge in [0.05, 0.1) is 19.3 Å². The van der Waals surface area contributed by atoms with Crippen LogP contribution in [-0.4, -0.2) is 26.4 Å². The molecule has 0 amide bonds. The summed E-state index contributed by atoms with van der Waals surface area (Å²) in [7, 11) is -2.13. The molecule has 0 aliphatic carbocycles. The Hall–Kier alpha value is -0.648. The lowest BCUT2D eigenvalue weighted by molar-refractivity contribution is 0.00578. The predicted molar refractivity (Wildman–Crippen MR) is 85.1 cm³/mol. The third-order valence-electron chi connectivity index (χ3n) is 4.37. The molecule has 0 unspecified atom stereocenters. The largest absolute Gasteiger partial charge is 0.497 e. The number of halogens is 1. The van der Waals surface area contributed by atoms with Crippen LogP contribution >= 0.6 is 0 Å². The Morgan fingerprint density at radius 3 is 1.90 bits per heavy atom. The lowest BCUT2D eigenvalue weighted by atomic mass is 9.79. The van der Waals surface area contributed by atoms with E-state index in [1.165, 1.54) is 0 Å². The molecule has 0 radical (unpaired) electrons. The van der Waals surface area contributed by atoms with Crippen LogP contribution in [0.4, 0.5) is 4.39 Å². The van der Waals surface area contributed by atoms with E-state index < -0.39 is 26.4 Å². The molecule has 1 aliphatic heterocycles. The van der Waals surface area contributed by atoms with Gasteiger partial charge in [0.15, 0.2) is 0 Å². The second-order valence-electron chi connectivity index (χ2n) is 7.57. The number of benzene rings is 1. The van der Waals surface area contributed by atoms with Gasteiger partial charge in [-0.3, -0.25) is 0 Å². The van der Waals surface area contributed by atoms with Gasteiger partial charge in [0.2, 0.25) is 0 Å². The summed E-state index contributed by atoms with van der Waals surface area (Å²) in [6.07, 6.45) is 0. The molecule has 110 valence electrons. The van der Waals surface area contributed by atoms with Crippen LogP contribution < -0.4 is 10.6 Å². The molecule has 1 fully saturated rings. The van der Waals surface area contributed by atoms with E-state index in [4.69, 9.17) is 9.31 Å². The van der Waals surface area contributed by atoms with Gasteiger partial charge in [-0.15, -0.1) is 0 Å². The Kier molecular flexibility index (Phi) is 3.68. The van der Waals surface area contributed by atoms with E-state index in [0.717, 1.165) is 5.19 Å². The van der Waals surface area contributed by atoms with E-state index >= 15 is 0 Å². The lowest BCUT2D eigenvalue weighted by Crippen LogP contribution is -2.42. The van der Waals surface area contributed by atoms with Crippen LogP contribution in [0, 0.1) is 5.82 Å². The van der Waals surface area contributed by atoms with Gasteiger partial charge in [-0.1, -0.05) is 37.0 Å². The molecule has 2 rings (SSSR count). The van der Waals surface area contributed by atoms with Crippen LogP contribution in [0.1, 0.15) is 27.7 Å². The minimum Gasteiger partial charge on any atom is -0.399 e. The molecule has 20 heavy (non-hydrogen) atoms. The van der Waals surface area contributed by atoms with Gasteiger partial charge < -0.3 is 9.31 Å². The van der Waals surface area contributed by atoms with Crippen LogP contribution in [0.3, 0.4) is 0 Å². The third kappa shape index (κ3) is 2.71. The molecule has 0 spiro atoms. The first-order valence-corrected chi connectivity index (χ1v) is 10.6. The normalized spacial score (nSPS) is 21.3. The van der Waals surface area contributed by atoms with E-state index in [2.05, 4.69) is 19.6 Å². The molecule has 2 nitrogen and oxygen atoms in total. The van der Waals surface area contributed by atoms with Crippen LogP contribution in [0.5, 0.6) is 0 Å². The first kappa shape index (κ1) is 15.7. The fourth-order valence-electron chi connectivity index (χ4n) is 2.15. The maximum absolute atomic E-state index is 14.4. The first-order valence-electron chi connectivity index (χ1n) is 7.10. The van der Waals surface area contributed by atoms with Gasteiger partial charge in [0.25, 0.3) is 0 Å². The Morgan fingerprint density at radius 1 is 1.00 bits per heavy atom. The topological polar surface area (TPSA) is 18.5 Å². The Labute approximate surface area is 122 Å².